The van der Waals surface area contributed by atoms with Crippen LogP contribution in [0, 0.1) is 11.8 Å². The number of nitrogens with one attached hydrogen (secondary N) is 1. The Bertz CT molecular complexity index is 825. The quantitative estimate of drug-likeness (QED) is 0.0504. The topological polar surface area (TPSA) is 127 Å². The van der Waals surface area contributed by atoms with E-state index in [4.69, 9.17) is 0 Å². The van der Waals surface area contributed by atoms with E-state index in [1.54, 1.807) is 12.2 Å². The van der Waals surface area contributed by atoms with Crippen molar-refractivity contribution < 1.29 is 30.0 Å². The Morgan fingerprint density at radius 3 is 2.11 bits per heavy atom. The Balaban J connectivity index is 2.26. The molecule has 0 aromatic heterocycles. The minimum atomic E-state index is -0.925. The lowest BCUT2D eigenvalue weighted by Gasteiger charge is -2.19. The number of carbonyl (C=O) groups is 2. The maximum Gasteiger partial charge on any atom is 0.220 e. The van der Waals surface area contributed by atoms with Crippen molar-refractivity contribution in [2.75, 3.05) is 6.61 Å². The first-order valence-electron chi connectivity index (χ1n) is 17.8. The number of hydrogen-bond donors (Lipinski definition) is 5. The molecule has 5 N–H and O–H groups in total. The van der Waals surface area contributed by atoms with Gasteiger partial charge >= 0.3 is 0 Å². The molecule has 0 unspecified atom stereocenters. The minimum Gasteiger partial charge on any atom is -0.394 e. The van der Waals surface area contributed by atoms with E-state index < -0.39 is 24.4 Å². The van der Waals surface area contributed by atoms with Crippen molar-refractivity contribution in [3.05, 3.63) is 36.5 Å². The van der Waals surface area contributed by atoms with Gasteiger partial charge in [-0.1, -0.05) is 127 Å². The Hall–Kier alpha value is -1.80. The molecule has 1 saturated carbocycles. The Morgan fingerprint density at radius 1 is 0.841 bits per heavy atom. The average molecular weight is 620 g/mol. The molecule has 0 aromatic rings. The van der Waals surface area contributed by atoms with Crippen LogP contribution in [0.25, 0.3) is 0 Å². The summed E-state index contributed by atoms with van der Waals surface area (Å²) in [6, 6.07) is -0.725. The van der Waals surface area contributed by atoms with Gasteiger partial charge in [0.15, 0.2) is 0 Å². The summed E-state index contributed by atoms with van der Waals surface area (Å²) >= 11 is 0. The molecule has 1 aliphatic rings. The highest BCUT2D eigenvalue weighted by molar-refractivity contribution is 5.84. The first-order chi connectivity index (χ1) is 21.3. The second-order valence-electron chi connectivity index (χ2n) is 12.7. The maximum absolute atomic E-state index is 12.4. The van der Waals surface area contributed by atoms with Crippen LogP contribution < -0.4 is 5.32 Å². The van der Waals surface area contributed by atoms with Crippen LogP contribution in [-0.4, -0.2) is 63.1 Å². The highest BCUT2D eigenvalue weighted by Crippen LogP contribution is 2.33. The number of amides is 1. The van der Waals surface area contributed by atoms with E-state index in [1.807, 2.05) is 24.3 Å². The zero-order chi connectivity index (χ0) is 32.4. The van der Waals surface area contributed by atoms with Crippen molar-refractivity contribution in [2.24, 2.45) is 11.8 Å². The van der Waals surface area contributed by atoms with Crippen LogP contribution >= 0.6 is 0 Å². The molecule has 7 nitrogen and oxygen atoms in total. The van der Waals surface area contributed by atoms with Gasteiger partial charge in [0.05, 0.1) is 31.0 Å². The predicted octanol–water partition coefficient (Wildman–Crippen LogP) is 6.87. The first-order valence-corrected chi connectivity index (χ1v) is 17.8. The lowest BCUT2D eigenvalue weighted by molar-refractivity contribution is -0.123. The van der Waals surface area contributed by atoms with E-state index in [2.05, 4.69) is 19.2 Å². The fourth-order valence-corrected chi connectivity index (χ4v) is 5.86. The van der Waals surface area contributed by atoms with Crippen LogP contribution in [-0.2, 0) is 9.59 Å². The molecular weight excluding hydrogens is 554 g/mol. The molecule has 0 spiro atoms. The number of Topliss-reactive ketones (excluding diaryl/α,β-unsaturated/α-hetero) is 1. The molecule has 6 atom stereocenters. The van der Waals surface area contributed by atoms with Gasteiger partial charge in [-0.15, -0.1) is 0 Å². The zero-order valence-electron chi connectivity index (χ0n) is 27.9. The normalized spacial score (nSPS) is 21.1. The van der Waals surface area contributed by atoms with E-state index >= 15 is 0 Å². The highest BCUT2D eigenvalue weighted by atomic mass is 16.3. The SMILES string of the molecule is CCCCCCCCCCCC/C=C/[C@@H](O)[C@H](CO)NC(=O)CCC/C=C\C[C@H]1C(=O)C[C@@H](O)[C@@H]1/C=C/[C@@H](O)CCCCC. The van der Waals surface area contributed by atoms with Crippen molar-refractivity contribution in [1.82, 2.24) is 5.32 Å². The monoisotopic (exact) mass is 619 g/mol. The molecule has 1 rings (SSSR count). The summed E-state index contributed by atoms with van der Waals surface area (Å²) in [5.74, 6) is -0.752. The molecule has 1 aliphatic carbocycles. The molecular formula is C37H65NO6. The van der Waals surface area contributed by atoms with Gasteiger partial charge in [0, 0.05) is 24.7 Å². The molecule has 0 saturated heterocycles. The number of carbonyl (C=O) groups excluding carboxylic acids is 2. The number of rotatable bonds is 27. The van der Waals surface area contributed by atoms with Gasteiger partial charge in [-0.25, -0.2) is 0 Å². The van der Waals surface area contributed by atoms with E-state index in [9.17, 15) is 30.0 Å². The number of unbranched alkanes of at least 4 members (excludes halogenated alkanes) is 13. The summed E-state index contributed by atoms with van der Waals surface area (Å²) in [7, 11) is 0. The van der Waals surface area contributed by atoms with Gasteiger partial charge in [0.2, 0.25) is 5.91 Å². The Morgan fingerprint density at radius 2 is 1.45 bits per heavy atom. The van der Waals surface area contributed by atoms with Crippen LogP contribution in [0.5, 0.6) is 0 Å². The second-order valence-corrected chi connectivity index (χ2v) is 12.7. The zero-order valence-corrected chi connectivity index (χ0v) is 27.9. The Labute approximate surface area is 268 Å². The summed E-state index contributed by atoms with van der Waals surface area (Å²) < 4.78 is 0. The third-order valence-corrected chi connectivity index (χ3v) is 8.74. The molecule has 1 amide bonds. The molecule has 0 bridgehead atoms. The molecule has 0 radical (unpaired) electrons. The van der Waals surface area contributed by atoms with Gasteiger partial charge in [0.1, 0.15) is 5.78 Å². The van der Waals surface area contributed by atoms with Crippen molar-refractivity contribution in [3.8, 4) is 0 Å². The number of allylic oxidation sites excluding steroid dienone is 3. The summed E-state index contributed by atoms with van der Waals surface area (Å²) in [6.07, 6.45) is 28.6. The average Bonchev–Trinajstić information content (AvgIpc) is 3.28. The van der Waals surface area contributed by atoms with Gasteiger partial charge < -0.3 is 25.7 Å². The standard InChI is InChI=1S/C37H65NO6/c1-3-5-7-8-9-10-11-12-13-14-15-20-24-34(41)33(29-39)38-37(44)25-21-17-16-19-23-31-32(36(43)28-35(31)42)27-26-30(40)22-18-6-4-2/h16,19-20,24,26-27,30-34,36,39-41,43H,3-15,17-18,21-23,25,28-29H2,1-2H3,(H,38,44)/b19-16-,24-20+,27-26+/t30-,31+,32+,33-,34+,36+/m0/s1. The smallest absolute Gasteiger partial charge is 0.220 e. The third-order valence-electron chi connectivity index (χ3n) is 8.74. The van der Waals surface area contributed by atoms with Gasteiger partial charge in [-0.05, 0) is 38.5 Å². The van der Waals surface area contributed by atoms with Crippen molar-refractivity contribution in [2.45, 2.75) is 167 Å². The van der Waals surface area contributed by atoms with Gasteiger partial charge in [0.25, 0.3) is 0 Å². The Kier molecular flexibility index (Phi) is 24.2. The molecule has 0 aliphatic heterocycles. The number of aliphatic hydroxyl groups is 4. The van der Waals surface area contributed by atoms with Crippen LogP contribution in [0.2, 0.25) is 0 Å². The summed E-state index contributed by atoms with van der Waals surface area (Å²) in [4.78, 5) is 24.8. The van der Waals surface area contributed by atoms with Crippen LogP contribution in [0.3, 0.4) is 0 Å². The number of ketones is 1. The van der Waals surface area contributed by atoms with Crippen LogP contribution in [0.1, 0.15) is 142 Å². The molecule has 7 heteroatoms. The molecule has 44 heavy (non-hydrogen) atoms. The lowest BCUT2D eigenvalue weighted by atomic mass is 9.90. The van der Waals surface area contributed by atoms with E-state index in [-0.39, 0.29) is 43.0 Å². The fraction of sp³-hybridized carbons (Fsp3) is 0.784. The molecule has 0 heterocycles. The van der Waals surface area contributed by atoms with Gasteiger partial charge in [-0.2, -0.15) is 0 Å². The molecule has 254 valence electrons. The minimum absolute atomic E-state index is 0.0443. The maximum atomic E-state index is 12.4. The molecule has 1 fully saturated rings. The third kappa shape index (κ3) is 18.9. The van der Waals surface area contributed by atoms with E-state index in [0.29, 0.717) is 25.7 Å². The number of hydrogen-bond acceptors (Lipinski definition) is 6. The summed E-state index contributed by atoms with van der Waals surface area (Å²) in [5, 5.41) is 43.4. The summed E-state index contributed by atoms with van der Waals surface area (Å²) in [5.41, 5.74) is 0. The second kappa shape index (κ2) is 26.4. The number of aliphatic hydroxyl groups excluding tert-OH is 4. The highest BCUT2D eigenvalue weighted by Gasteiger charge is 2.39. The predicted molar refractivity (Wildman–Crippen MR) is 180 cm³/mol. The largest absolute Gasteiger partial charge is 0.394 e. The van der Waals surface area contributed by atoms with Crippen molar-refractivity contribution in [3.63, 3.8) is 0 Å². The van der Waals surface area contributed by atoms with Crippen molar-refractivity contribution >= 4 is 11.7 Å². The van der Waals surface area contributed by atoms with E-state index in [1.165, 1.54) is 57.8 Å². The first kappa shape index (κ1) is 40.2. The van der Waals surface area contributed by atoms with Crippen LogP contribution in [0.4, 0.5) is 0 Å². The summed E-state index contributed by atoms with van der Waals surface area (Å²) in [6.45, 7) is 4.03. The molecule has 0 aromatic carbocycles. The van der Waals surface area contributed by atoms with Crippen molar-refractivity contribution in [1.29, 1.82) is 0 Å². The van der Waals surface area contributed by atoms with Gasteiger partial charge in [-0.3, -0.25) is 9.59 Å². The lowest BCUT2D eigenvalue weighted by Crippen LogP contribution is -2.45. The van der Waals surface area contributed by atoms with Crippen LogP contribution in [0.15, 0.2) is 36.5 Å². The fourth-order valence-electron chi connectivity index (χ4n) is 5.86. The van der Waals surface area contributed by atoms with E-state index in [0.717, 1.165) is 32.1 Å².